The van der Waals surface area contributed by atoms with Gasteiger partial charge in [-0.2, -0.15) is 0 Å². The fraction of sp³-hybridized carbons (Fsp3) is 0.0455. The molecule has 8 aromatic rings. The Labute approximate surface area is 270 Å². The summed E-state index contributed by atoms with van der Waals surface area (Å²) in [4.78, 5) is 4.88. The largest absolute Gasteiger partial charge is 0.309 e. The summed E-state index contributed by atoms with van der Waals surface area (Å²) in [5.41, 5.74) is 9.33. The first-order valence-corrected chi connectivity index (χ1v) is 15.9. The van der Waals surface area contributed by atoms with Gasteiger partial charge in [-0.25, -0.2) is 0 Å². The molecule has 8 rings (SSSR count). The zero-order valence-electron chi connectivity index (χ0n) is 26.1. The molecule has 0 heterocycles. The Morgan fingerprint density at radius 1 is 0.304 bits per heavy atom. The summed E-state index contributed by atoms with van der Waals surface area (Å²) in [6, 6.07) is 61.6. The molecule has 0 aliphatic rings. The van der Waals surface area contributed by atoms with Gasteiger partial charge in [0, 0.05) is 44.3 Å². The van der Waals surface area contributed by atoms with E-state index in [0.717, 1.165) is 22.7 Å². The van der Waals surface area contributed by atoms with Gasteiger partial charge in [0.2, 0.25) is 0 Å². The average Bonchev–Trinajstić information content (AvgIpc) is 3.11. The van der Waals surface area contributed by atoms with Crippen molar-refractivity contribution < 1.29 is 0 Å². The van der Waals surface area contributed by atoms with Crippen molar-refractivity contribution in [3.05, 3.63) is 181 Å². The lowest BCUT2D eigenvalue weighted by molar-refractivity contribution is 1.29. The first kappa shape index (κ1) is 27.7. The van der Waals surface area contributed by atoms with Crippen LogP contribution in [0.5, 0.6) is 0 Å². The number of aryl methyl sites for hydroxylation is 2. The monoisotopic (exact) mass is 590 g/mol. The highest BCUT2D eigenvalue weighted by molar-refractivity contribution is 6.29. The molecule has 2 heteroatoms. The second kappa shape index (κ2) is 11.6. The molecule has 0 aliphatic heterocycles. The van der Waals surface area contributed by atoms with Gasteiger partial charge in [-0.3, -0.25) is 0 Å². The SMILES string of the molecule is Cc1ccc(N(c2ccccc2)c2c3ccccc3c(N(c3ccccc3)c3ccc(C)cc3)c3c2ccc2ccccc23)cc1. The molecule has 0 aromatic heterocycles. The predicted molar refractivity (Wildman–Crippen MR) is 198 cm³/mol. The van der Waals surface area contributed by atoms with Gasteiger partial charge in [-0.05, 0) is 73.2 Å². The number of nitrogens with zero attached hydrogens (tertiary/aromatic N) is 2. The number of para-hydroxylation sites is 2. The number of anilines is 6. The van der Waals surface area contributed by atoms with Gasteiger partial charge in [0.15, 0.2) is 0 Å². The minimum atomic E-state index is 1.12. The van der Waals surface area contributed by atoms with Crippen LogP contribution < -0.4 is 9.80 Å². The molecule has 0 fully saturated rings. The van der Waals surface area contributed by atoms with Gasteiger partial charge >= 0.3 is 0 Å². The third-order valence-electron chi connectivity index (χ3n) is 8.92. The van der Waals surface area contributed by atoms with E-state index < -0.39 is 0 Å². The molecule has 0 saturated heterocycles. The highest BCUT2D eigenvalue weighted by Crippen LogP contribution is 2.52. The van der Waals surface area contributed by atoms with Crippen molar-refractivity contribution in [3.8, 4) is 0 Å². The molecule has 0 spiro atoms. The molecule has 0 N–H and O–H groups in total. The second-order valence-corrected chi connectivity index (χ2v) is 12.0. The van der Waals surface area contributed by atoms with Crippen LogP contribution in [0.2, 0.25) is 0 Å². The highest BCUT2D eigenvalue weighted by atomic mass is 15.2. The van der Waals surface area contributed by atoms with E-state index >= 15 is 0 Å². The van der Waals surface area contributed by atoms with E-state index in [1.54, 1.807) is 0 Å². The van der Waals surface area contributed by atoms with E-state index in [-0.39, 0.29) is 0 Å². The first-order valence-electron chi connectivity index (χ1n) is 15.9. The molecule has 0 aliphatic carbocycles. The number of hydrogen-bond acceptors (Lipinski definition) is 2. The van der Waals surface area contributed by atoms with Crippen LogP contribution in [-0.2, 0) is 0 Å². The molecule has 2 nitrogen and oxygen atoms in total. The number of fused-ring (bicyclic) bond motifs is 4. The topological polar surface area (TPSA) is 6.48 Å². The minimum absolute atomic E-state index is 1.12. The summed E-state index contributed by atoms with van der Waals surface area (Å²) in [5, 5.41) is 7.26. The average molecular weight is 591 g/mol. The van der Waals surface area contributed by atoms with Crippen LogP contribution in [0.1, 0.15) is 11.1 Å². The first-order chi connectivity index (χ1) is 22.7. The van der Waals surface area contributed by atoms with E-state index in [1.165, 1.54) is 54.8 Å². The summed E-state index contributed by atoms with van der Waals surface area (Å²) < 4.78 is 0. The third kappa shape index (κ3) is 4.76. The smallest absolute Gasteiger partial charge is 0.0626 e. The molecular formula is C44H34N2. The Bertz CT molecular complexity index is 2310. The summed E-state index contributed by atoms with van der Waals surface area (Å²) in [7, 11) is 0. The summed E-state index contributed by atoms with van der Waals surface area (Å²) >= 11 is 0. The minimum Gasteiger partial charge on any atom is -0.309 e. The van der Waals surface area contributed by atoms with Crippen LogP contribution >= 0.6 is 0 Å². The molecule has 0 amide bonds. The molecule has 0 bridgehead atoms. The van der Waals surface area contributed by atoms with Crippen LogP contribution in [0, 0.1) is 13.8 Å². The summed E-state index contributed by atoms with van der Waals surface area (Å²) in [5.74, 6) is 0. The Morgan fingerprint density at radius 3 is 1.26 bits per heavy atom. The van der Waals surface area contributed by atoms with E-state index in [0.29, 0.717) is 0 Å². The van der Waals surface area contributed by atoms with Crippen molar-refractivity contribution in [1.82, 2.24) is 0 Å². The van der Waals surface area contributed by atoms with E-state index in [9.17, 15) is 0 Å². The van der Waals surface area contributed by atoms with Gasteiger partial charge in [0.1, 0.15) is 0 Å². The van der Waals surface area contributed by atoms with Gasteiger partial charge < -0.3 is 9.80 Å². The number of rotatable bonds is 6. The lowest BCUT2D eigenvalue weighted by Crippen LogP contribution is -2.14. The third-order valence-corrected chi connectivity index (χ3v) is 8.92. The van der Waals surface area contributed by atoms with Gasteiger partial charge in [0.25, 0.3) is 0 Å². The number of benzene rings is 8. The molecule has 0 radical (unpaired) electrons. The lowest BCUT2D eigenvalue weighted by atomic mass is 9.92. The standard InChI is InChI=1S/C44H34N2/c1-31-21-26-36(27-22-31)45(34-14-5-3-6-15-34)43-39-19-11-12-20-40(39)44(42-38-18-10-9-13-33(38)25-30-41(42)43)46(35-16-7-4-8-17-35)37-28-23-32(2)24-29-37/h3-30H,1-2H3. The van der Waals surface area contributed by atoms with Crippen molar-refractivity contribution in [2.75, 3.05) is 9.80 Å². The Hall–Kier alpha value is -5.86. The van der Waals surface area contributed by atoms with Crippen molar-refractivity contribution in [1.29, 1.82) is 0 Å². The maximum atomic E-state index is 2.44. The zero-order valence-corrected chi connectivity index (χ0v) is 26.1. The quantitative estimate of drug-likeness (QED) is 0.108. The fourth-order valence-electron chi connectivity index (χ4n) is 6.73. The van der Waals surface area contributed by atoms with Crippen molar-refractivity contribution in [3.63, 3.8) is 0 Å². The van der Waals surface area contributed by atoms with Crippen LogP contribution in [0.3, 0.4) is 0 Å². The van der Waals surface area contributed by atoms with Crippen molar-refractivity contribution in [2.24, 2.45) is 0 Å². The lowest BCUT2D eigenvalue weighted by Gasteiger charge is -2.33. The molecule has 0 atom stereocenters. The van der Waals surface area contributed by atoms with E-state index in [4.69, 9.17) is 0 Å². The maximum Gasteiger partial charge on any atom is 0.0626 e. The molecular weight excluding hydrogens is 556 g/mol. The van der Waals surface area contributed by atoms with Crippen LogP contribution in [0.25, 0.3) is 32.3 Å². The molecule has 8 aromatic carbocycles. The Morgan fingerprint density at radius 2 is 0.717 bits per heavy atom. The van der Waals surface area contributed by atoms with Crippen molar-refractivity contribution >= 4 is 66.4 Å². The maximum absolute atomic E-state index is 2.44. The second-order valence-electron chi connectivity index (χ2n) is 12.0. The Kier molecular flexibility index (Phi) is 6.96. The highest BCUT2D eigenvalue weighted by Gasteiger charge is 2.26. The van der Waals surface area contributed by atoms with Gasteiger partial charge in [0.05, 0.1) is 11.4 Å². The van der Waals surface area contributed by atoms with E-state index in [2.05, 4.69) is 194 Å². The molecule has 220 valence electrons. The normalized spacial score (nSPS) is 11.3. The summed E-state index contributed by atoms with van der Waals surface area (Å²) in [6.07, 6.45) is 0. The van der Waals surface area contributed by atoms with Gasteiger partial charge in [-0.15, -0.1) is 0 Å². The van der Waals surface area contributed by atoms with E-state index in [1.807, 2.05) is 0 Å². The van der Waals surface area contributed by atoms with Gasteiger partial charge in [-0.1, -0.05) is 132 Å². The number of hydrogen-bond donors (Lipinski definition) is 0. The zero-order chi connectivity index (χ0) is 31.0. The van der Waals surface area contributed by atoms with Crippen LogP contribution in [0.4, 0.5) is 34.1 Å². The summed E-state index contributed by atoms with van der Waals surface area (Å²) in [6.45, 7) is 4.29. The Balaban J connectivity index is 1.58. The molecule has 46 heavy (non-hydrogen) atoms. The van der Waals surface area contributed by atoms with Crippen LogP contribution in [0.15, 0.2) is 170 Å². The van der Waals surface area contributed by atoms with Crippen LogP contribution in [-0.4, -0.2) is 0 Å². The predicted octanol–water partition coefficient (Wildman–Crippen LogP) is 12.7. The molecule has 0 saturated carbocycles. The van der Waals surface area contributed by atoms with Crippen molar-refractivity contribution in [2.45, 2.75) is 13.8 Å². The fourth-order valence-corrected chi connectivity index (χ4v) is 6.73. The molecule has 0 unspecified atom stereocenters.